The maximum absolute atomic E-state index is 11.8. The van der Waals surface area contributed by atoms with Crippen molar-refractivity contribution in [3.05, 3.63) is 71.8 Å². The van der Waals surface area contributed by atoms with Crippen LogP contribution in [0.1, 0.15) is 24.5 Å². The minimum absolute atomic E-state index is 0.274. The standard InChI is InChI=1S/C20H22O2S/c1-3-22-20(21)15-18(17-7-5-4-6-8-17)12-9-16-10-13-19(23-2)14-11-16/h4-8,10-11,13-15H,3,9,12H2,1-2H3. The molecule has 0 aromatic heterocycles. The molecule has 0 saturated heterocycles. The molecule has 0 aliphatic carbocycles. The first kappa shape index (κ1) is 17.4. The van der Waals surface area contributed by atoms with Gasteiger partial charge in [0, 0.05) is 11.0 Å². The molecule has 2 aromatic carbocycles. The average molecular weight is 326 g/mol. The van der Waals surface area contributed by atoms with Gasteiger partial charge in [0.15, 0.2) is 0 Å². The lowest BCUT2D eigenvalue weighted by atomic mass is 9.98. The summed E-state index contributed by atoms with van der Waals surface area (Å²) >= 11 is 1.74. The number of allylic oxidation sites excluding steroid dienone is 1. The molecule has 0 aliphatic rings. The molecule has 0 bridgehead atoms. The molecule has 2 nitrogen and oxygen atoms in total. The van der Waals surface area contributed by atoms with E-state index < -0.39 is 0 Å². The quantitative estimate of drug-likeness (QED) is 0.407. The van der Waals surface area contributed by atoms with Crippen molar-refractivity contribution >= 4 is 23.3 Å². The van der Waals surface area contributed by atoms with Crippen LogP contribution in [-0.4, -0.2) is 18.8 Å². The number of hydrogen-bond donors (Lipinski definition) is 0. The highest BCUT2D eigenvalue weighted by atomic mass is 32.2. The highest BCUT2D eigenvalue weighted by Crippen LogP contribution is 2.22. The van der Waals surface area contributed by atoms with Crippen LogP contribution in [0.25, 0.3) is 5.57 Å². The fraction of sp³-hybridized carbons (Fsp3) is 0.250. The van der Waals surface area contributed by atoms with Gasteiger partial charge < -0.3 is 4.74 Å². The summed E-state index contributed by atoms with van der Waals surface area (Å²) in [5.41, 5.74) is 3.35. The van der Waals surface area contributed by atoms with Crippen LogP contribution >= 0.6 is 11.8 Å². The van der Waals surface area contributed by atoms with E-state index in [4.69, 9.17) is 4.74 Å². The molecule has 0 saturated carbocycles. The molecule has 0 N–H and O–H groups in total. The summed E-state index contributed by atoms with van der Waals surface area (Å²) in [6.45, 7) is 2.22. The molecule has 2 aromatic rings. The average Bonchev–Trinajstić information content (AvgIpc) is 2.60. The van der Waals surface area contributed by atoms with Gasteiger partial charge in [-0.1, -0.05) is 42.5 Å². The molecule has 0 amide bonds. The Morgan fingerprint density at radius 1 is 1.09 bits per heavy atom. The Hall–Kier alpha value is -2.00. The highest BCUT2D eigenvalue weighted by Gasteiger charge is 2.06. The van der Waals surface area contributed by atoms with Gasteiger partial charge in [-0.2, -0.15) is 0 Å². The third kappa shape index (κ3) is 5.61. The minimum Gasteiger partial charge on any atom is -0.463 e. The van der Waals surface area contributed by atoms with Gasteiger partial charge in [0.2, 0.25) is 0 Å². The summed E-state index contributed by atoms with van der Waals surface area (Å²) in [7, 11) is 0. The molecule has 2 rings (SSSR count). The zero-order valence-electron chi connectivity index (χ0n) is 13.6. The van der Waals surface area contributed by atoms with Gasteiger partial charge in [-0.15, -0.1) is 11.8 Å². The van der Waals surface area contributed by atoms with Gasteiger partial charge in [0.1, 0.15) is 0 Å². The lowest BCUT2D eigenvalue weighted by Crippen LogP contribution is -2.01. The van der Waals surface area contributed by atoms with Crippen molar-refractivity contribution in [2.24, 2.45) is 0 Å². The number of carbonyl (C=O) groups excluding carboxylic acids is 1. The number of aryl methyl sites for hydroxylation is 1. The minimum atomic E-state index is -0.274. The van der Waals surface area contributed by atoms with Crippen molar-refractivity contribution in [2.45, 2.75) is 24.7 Å². The van der Waals surface area contributed by atoms with Gasteiger partial charge in [0.25, 0.3) is 0 Å². The second-order valence-electron chi connectivity index (χ2n) is 5.14. The fourth-order valence-electron chi connectivity index (χ4n) is 2.35. The molecule has 0 heterocycles. The number of ether oxygens (including phenoxy) is 1. The van der Waals surface area contributed by atoms with Gasteiger partial charge in [-0.25, -0.2) is 4.79 Å². The first-order valence-corrected chi connectivity index (χ1v) is 9.01. The van der Waals surface area contributed by atoms with Crippen LogP contribution in [0.4, 0.5) is 0 Å². The Labute approximate surface area is 142 Å². The molecule has 0 radical (unpaired) electrons. The van der Waals surface area contributed by atoms with E-state index in [0.717, 1.165) is 24.0 Å². The van der Waals surface area contributed by atoms with E-state index in [0.29, 0.717) is 6.61 Å². The number of thioether (sulfide) groups is 1. The third-order valence-corrected chi connectivity index (χ3v) is 4.31. The number of benzene rings is 2. The normalized spacial score (nSPS) is 11.3. The Morgan fingerprint density at radius 3 is 2.39 bits per heavy atom. The molecular weight excluding hydrogens is 304 g/mol. The van der Waals surface area contributed by atoms with Crippen LogP contribution in [0.5, 0.6) is 0 Å². The summed E-state index contributed by atoms with van der Waals surface area (Å²) in [4.78, 5) is 13.1. The monoisotopic (exact) mass is 326 g/mol. The largest absolute Gasteiger partial charge is 0.463 e. The van der Waals surface area contributed by atoms with E-state index in [1.165, 1.54) is 10.5 Å². The van der Waals surface area contributed by atoms with Crippen LogP contribution in [-0.2, 0) is 16.0 Å². The fourth-order valence-corrected chi connectivity index (χ4v) is 2.76. The van der Waals surface area contributed by atoms with Gasteiger partial charge in [-0.05, 0) is 54.9 Å². The van der Waals surface area contributed by atoms with Crippen LogP contribution in [0.2, 0.25) is 0 Å². The van der Waals surface area contributed by atoms with E-state index in [1.807, 2.05) is 37.3 Å². The number of carbonyl (C=O) groups is 1. The highest BCUT2D eigenvalue weighted by molar-refractivity contribution is 7.98. The van der Waals surface area contributed by atoms with Crippen molar-refractivity contribution in [1.82, 2.24) is 0 Å². The van der Waals surface area contributed by atoms with Crippen LogP contribution < -0.4 is 0 Å². The number of esters is 1. The van der Waals surface area contributed by atoms with Crippen molar-refractivity contribution < 1.29 is 9.53 Å². The van der Waals surface area contributed by atoms with Crippen molar-refractivity contribution in [1.29, 1.82) is 0 Å². The molecule has 0 fully saturated rings. The first-order valence-electron chi connectivity index (χ1n) is 7.78. The number of hydrogen-bond acceptors (Lipinski definition) is 3. The Kier molecular flexibility index (Phi) is 6.95. The second kappa shape index (κ2) is 9.21. The first-order chi connectivity index (χ1) is 11.2. The molecule has 23 heavy (non-hydrogen) atoms. The van der Waals surface area contributed by atoms with E-state index in [1.54, 1.807) is 17.8 Å². The number of rotatable bonds is 7. The smallest absolute Gasteiger partial charge is 0.331 e. The Bertz CT molecular complexity index is 645. The molecule has 0 unspecified atom stereocenters. The summed E-state index contributed by atoms with van der Waals surface area (Å²) in [5.74, 6) is -0.274. The van der Waals surface area contributed by atoms with Crippen LogP contribution in [0, 0.1) is 0 Å². The SMILES string of the molecule is CCOC(=O)C=C(CCc1ccc(SC)cc1)c1ccccc1. The van der Waals surface area contributed by atoms with Gasteiger partial charge in [-0.3, -0.25) is 0 Å². The summed E-state index contributed by atoms with van der Waals surface area (Å²) in [5, 5.41) is 0. The molecule has 0 spiro atoms. The molecule has 0 aliphatic heterocycles. The van der Waals surface area contributed by atoms with E-state index >= 15 is 0 Å². The summed E-state index contributed by atoms with van der Waals surface area (Å²) < 4.78 is 5.06. The topological polar surface area (TPSA) is 26.3 Å². The van der Waals surface area contributed by atoms with Crippen LogP contribution in [0.15, 0.2) is 65.6 Å². The van der Waals surface area contributed by atoms with Crippen molar-refractivity contribution in [3.63, 3.8) is 0 Å². The predicted molar refractivity (Wildman–Crippen MR) is 97.6 cm³/mol. The van der Waals surface area contributed by atoms with Crippen molar-refractivity contribution in [3.8, 4) is 0 Å². The lowest BCUT2D eigenvalue weighted by Gasteiger charge is -2.09. The van der Waals surface area contributed by atoms with Crippen LogP contribution in [0.3, 0.4) is 0 Å². The lowest BCUT2D eigenvalue weighted by molar-refractivity contribution is -0.137. The zero-order chi connectivity index (χ0) is 16.5. The molecule has 3 heteroatoms. The van der Waals surface area contributed by atoms with Gasteiger partial charge in [0.05, 0.1) is 6.61 Å². The predicted octanol–water partition coefficient (Wildman–Crippen LogP) is 4.99. The van der Waals surface area contributed by atoms with Crippen molar-refractivity contribution in [2.75, 3.05) is 12.9 Å². The second-order valence-corrected chi connectivity index (χ2v) is 6.02. The summed E-state index contributed by atoms with van der Waals surface area (Å²) in [6.07, 6.45) is 5.40. The Balaban J connectivity index is 2.12. The maximum atomic E-state index is 11.8. The summed E-state index contributed by atoms with van der Waals surface area (Å²) in [6, 6.07) is 18.6. The zero-order valence-corrected chi connectivity index (χ0v) is 14.4. The molecular formula is C20H22O2S. The van der Waals surface area contributed by atoms with Gasteiger partial charge >= 0.3 is 5.97 Å². The van der Waals surface area contributed by atoms with E-state index in [2.05, 4.69) is 30.5 Å². The van der Waals surface area contributed by atoms with E-state index in [9.17, 15) is 4.79 Å². The molecule has 0 atom stereocenters. The van der Waals surface area contributed by atoms with E-state index in [-0.39, 0.29) is 5.97 Å². The third-order valence-electron chi connectivity index (χ3n) is 3.57. The Morgan fingerprint density at radius 2 is 1.78 bits per heavy atom. The maximum Gasteiger partial charge on any atom is 0.331 e. The molecule has 120 valence electrons.